The highest BCUT2D eigenvalue weighted by Gasteiger charge is 2.08. The van der Waals surface area contributed by atoms with Gasteiger partial charge >= 0.3 is 5.97 Å². The van der Waals surface area contributed by atoms with Gasteiger partial charge in [-0.3, -0.25) is 4.79 Å². The van der Waals surface area contributed by atoms with E-state index in [9.17, 15) is 4.79 Å². The molecule has 10 heavy (non-hydrogen) atoms. The van der Waals surface area contributed by atoms with E-state index in [0.29, 0.717) is 19.4 Å². The highest BCUT2D eigenvalue weighted by molar-refractivity contribution is 5.72. The molecule has 0 fully saturated rings. The maximum absolute atomic E-state index is 10.0. The van der Waals surface area contributed by atoms with Crippen LogP contribution in [0.15, 0.2) is 0 Å². The number of hydrogen-bond donors (Lipinski definition) is 3. The first-order valence-electron chi connectivity index (χ1n) is 2.87. The van der Waals surface area contributed by atoms with Gasteiger partial charge in [0.15, 0.2) is 0 Å². The lowest BCUT2D eigenvalue weighted by molar-refractivity contribution is -0.138. The fourth-order valence-corrected chi connectivity index (χ4v) is 0.461. The highest BCUT2D eigenvalue weighted by Crippen LogP contribution is 1.91. The van der Waals surface area contributed by atoms with Gasteiger partial charge in [-0.1, -0.05) is 7.43 Å². The standard InChI is InChI=1S/C5H12N2O2.CH4/c6-3-1-2-4(7)5(8)9;/h4H,1-3,6-7H2,(H,8,9);1H4. The van der Waals surface area contributed by atoms with E-state index in [1.54, 1.807) is 0 Å². The quantitative estimate of drug-likeness (QED) is 0.514. The second-order valence-electron chi connectivity index (χ2n) is 1.88. The van der Waals surface area contributed by atoms with Crippen molar-refractivity contribution in [2.45, 2.75) is 26.3 Å². The second kappa shape index (κ2) is 6.51. The van der Waals surface area contributed by atoms with Gasteiger partial charge in [-0.05, 0) is 19.4 Å². The van der Waals surface area contributed by atoms with Crippen LogP contribution >= 0.6 is 0 Å². The van der Waals surface area contributed by atoms with Crippen LogP contribution in [0.2, 0.25) is 0 Å². The molecule has 0 aliphatic heterocycles. The first-order chi connectivity index (χ1) is 4.18. The molecule has 0 spiro atoms. The molecule has 0 aliphatic rings. The van der Waals surface area contributed by atoms with E-state index in [0.717, 1.165) is 0 Å². The monoisotopic (exact) mass is 148 g/mol. The lowest BCUT2D eigenvalue weighted by Crippen LogP contribution is -2.30. The summed E-state index contributed by atoms with van der Waals surface area (Å²) >= 11 is 0. The van der Waals surface area contributed by atoms with Gasteiger partial charge in [-0.15, -0.1) is 0 Å². The van der Waals surface area contributed by atoms with Crippen molar-refractivity contribution in [1.82, 2.24) is 0 Å². The van der Waals surface area contributed by atoms with Crippen molar-refractivity contribution in [3.8, 4) is 0 Å². The fraction of sp³-hybridized carbons (Fsp3) is 0.833. The van der Waals surface area contributed by atoms with Crippen LogP contribution in [-0.4, -0.2) is 23.7 Å². The molecule has 0 saturated carbocycles. The van der Waals surface area contributed by atoms with E-state index < -0.39 is 12.0 Å². The van der Waals surface area contributed by atoms with Gasteiger partial charge in [0.05, 0.1) is 0 Å². The number of aliphatic carboxylic acids is 1. The van der Waals surface area contributed by atoms with Gasteiger partial charge in [0, 0.05) is 0 Å². The van der Waals surface area contributed by atoms with Gasteiger partial charge in [0.1, 0.15) is 6.04 Å². The lowest BCUT2D eigenvalue weighted by Gasteiger charge is -2.02. The van der Waals surface area contributed by atoms with Crippen LogP contribution < -0.4 is 11.5 Å². The summed E-state index contributed by atoms with van der Waals surface area (Å²) in [6, 6.07) is -0.742. The third-order valence-electron chi connectivity index (χ3n) is 1.04. The van der Waals surface area contributed by atoms with Crippen LogP contribution in [0.1, 0.15) is 20.3 Å². The topological polar surface area (TPSA) is 89.3 Å². The highest BCUT2D eigenvalue weighted by atomic mass is 16.4. The summed E-state index contributed by atoms with van der Waals surface area (Å²) in [5.41, 5.74) is 10.3. The van der Waals surface area contributed by atoms with Gasteiger partial charge in [-0.2, -0.15) is 0 Å². The molecule has 62 valence electrons. The Balaban J connectivity index is 0. The summed E-state index contributed by atoms with van der Waals surface area (Å²) in [7, 11) is 0. The Morgan fingerprint density at radius 2 is 2.10 bits per heavy atom. The van der Waals surface area contributed by atoms with Crippen LogP contribution in [0.25, 0.3) is 0 Å². The van der Waals surface area contributed by atoms with Gasteiger partial charge in [0.25, 0.3) is 0 Å². The molecule has 1 atom stereocenters. The van der Waals surface area contributed by atoms with E-state index in [4.69, 9.17) is 16.6 Å². The lowest BCUT2D eigenvalue weighted by atomic mass is 10.2. The number of rotatable bonds is 4. The van der Waals surface area contributed by atoms with Gasteiger partial charge in [-0.25, -0.2) is 0 Å². The van der Waals surface area contributed by atoms with Crippen molar-refractivity contribution >= 4 is 5.97 Å². The zero-order valence-corrected chi connectivity index (χ0v) is 5.21. The first-order valence-corrected chi connectivity index (χ1v) is 2.87. The van der Waals surface area contributed by atoms with E-state index in [2.05, 4.69) is 0 Å². The van der Waals surface area contributed by atoms with Crippen LogP contribution in [0.3, 0.4) is 0 Å². The molecular weight excluding hydrogens is 132 g/mol. The van der Waals surface area contributed by atoms with Crippen molar-refractivity contribution in [3.05, 3.63) is 0 Å². The normalized spacial score (nSPS) is 11.8. The van der Waals surface area contributed by atoms with Crippen molar-refractivity contribution in [2.75, 3.05) is 6.54 Å². The van der Waals surface area contributed by atoms with Crippen molar-refractivity contribution in [3.63, 3.8) is 0 Å². The Bertz CT molecular complexity index is 95.7. The van der Waals surface area contributed by atoms with Gasteiger partial charge < -0.3 is 16.6 Å². The fourth-order valence-electron chi connectivity index (χ4n) is 0.461. The molecule has 0 amide bonds. The summed E-state index contributed by atoms with van der Waals surface area (Å²) in [4.78, 5) is 10.0. The molecule has 0 radical (unpaired) electrons. The second-order valence-corrected chi connectivity index (χ2v) is 1.88. The molecule has 0 saturated heterocycles. The van der Waals surface area contributed by atoms with Crippen molar-refractivity contribution in [2.24, 2.45) is 11.5 Å². The predicted molar refractivity (Wildman–Crippen MR) is 40.6 cm³/mol. The Labute approximate surface area is 61.2 Å². The molecular formula is C6H16N2O2. The minimum Gasteiger partial charge on any atom is -0.480 e. The molecule has 1 unspecified atom stereocenters. The van der Waals surface area contributed by atoms with E-state index >= 15 is 0 Å². The molecule has 0 rings (SSSR count). The predicted octanol–water partition coefficient (Wildman–Crippen LogP) is -0.227. The van der Waals surface area contributed by atoms with Crippen molar-refractivity contribution < 1.29 is 9.90 Å². The summed E-state index contributed by atoms with van der Waals surface area (Å²) in [5.74, 6) is -0.955. The molecule has 0 aromatic rings. The third-order valence-corrected chi connectivity index (χ3v) is 1.04. The van der Waals surface area contributed by atoms with Crippen LogP contribution in [0, 0.1) is 0 Å². The zero-order valence-electron chi connectivity index (χ0n) is 5.21. The molecule has 0 aromatic carbocycles. The van der Waals surface area contributed by atoms with Crippen molar-refractivity contribution in [1.29, 1.82) is 0 Å². The summed E-state index contributed by atoms with van der Waals surface area (Å²) in [6.07, 6.45) is 1.14. The van der Waals surface area contributed by atoms with E-state index in [1.165, 1.54) is 0 Å². The average molecular weight is 148 g/mol. The van der Waals surface area contributed by atoms with Gasteiger partial charge in [0.2, 0.25) is 0 Å². The van der Waals surface area contributed by atoms with Crippen LogP contribution in [0.4, 0.5) is 0 Å². The zero-order chi connectivity index (χ0) is 7.28. The Morgan fingerprint density at radius 1 is 1.60 bits per heavy atom. The number of nitrogens with two attached hydrogens (primary N) is 2. The molecule has 4 nitrogen and oxygen atoms in total. The molecule has 4 heteroatoms. The third kappa shape index (κ3) is 5.53. The molecule has 0 aromatic heterocycles. The Kier molecular flexibility index (Phi) is 7.88. The van der Waals surface area contributed by atoms with E-state index in [-0.39, 0.29) is 7.43 Å². The maximum atomic E-state index is 10.0. The largest absolute Gasteiger partial charge is 0.480 e. The minimum absolute atomic E-state index is 0. The van der Waals surface area contributed by atoms with E-state index in [1.807, 2.05) is 0 Å². The van der Waals surface area contributed by atoms with Crippen LogP contribution in [0.5, 0.6) is 0 Å². The summed E-state index contributed by atoms with van der Waals surface area (Å²) < 4.78 is 0. The smallest absolute Gasteiger partial charge is 0.320 e. The number of carboxylic acid groups (broad SMARTS) is 1. The number of carboxylic acids is 1. The number of carbonyl (C=O) groups is 1. The average Bonchev–Trinajstić information content (AvgIpc) is 1.82. The molecule has 0 heterocycles. The SMILES string of the molecule is C.NCCCC(N)C(=O)O. The Hall–Kier alpha value is -0.610. The van der Waals surface area contributed by atoms with Crippen LogP contribution in [-0.2, 0) is 4.79 Å². The summed E-state index contributed by atoms with van der Waals surface area (Å²) in [5, 5.41) is 8.24. The first kappa shape index (κ1) is 12.1. The Morgan fingerprint density at radius 3 is 2.40 bits per heavy atom. The molecule has 0 bridgehead atoms. The maximum Gasteiger partial charge on any atom is 0.320 e. The molecule has 0 aliphatic carbocycles. The summed E-state index contributed by atoms with van der Waals surface area (Å²) in [6.45, 7) is 0.501. The molecule has 5 N–H and O–H groups in total. The minimum atomic E-state index is -0.955. The number of hydrogen-bond acceptors (Lipinski definition) is 3.